The Labute approximate surface area is 123 Å². The molecule has 1 aromatic heterocycles. The molecule has 2 amide bonds. The van der Waals surface area contributed by atoms with Gasteiger partial charge >= 0.3 is 0 Å². The quantitative estimate of drug-likeness (QED) is 0.911. The average Bonchev–Trinajstić information content (AvgIpc) is 3.22. The van der Waals surface area contributed by atoms with Crippen LogP contribution in [-0.4, -0.2) is 33.8 Å². The molecular formula is C15H21N3O3. The van der Waals surface area contributed by atoms with Gasteiger partial charge in [0.25, 0.3) is 0 Å². The summed E-state index contributed by atoms with van der Waals surface area (Å²) in [6, 6.07) is 0. The van der Waals surface area contributed by atoms with Gasteiger partial charge in [-0.25, -0.2) is 4.98 Å². The third-order valence-electron chi connectivity index (χ3n) is 4.53. The number of aromatic nitrogens is 1. The lowest BCUT2D eigenvalue weighted by molar-refractivity contribution is -0.139. The summed E-state index contributed by atoms with van der Waals surface area (Å²) in [5.74, 6) is 1.48. The number of carbonyl (C=O) groups excluding carboxylic acids is 2. The van der Waals surface area contributed by atoms with Gasteiger partial charge in [0.2, 0.25) is 17.7 Å². The summed E-state index contributed by atoms with van der Waals surface area (Å²) in [4.78, 5) is 30.8. The van der Waals surface area contributed by atoms with Crippen LogP contribution in [-0.2, 0) is 16.1 Å². The highest BCUT2D eigenvalue weighted by Gasteiger charge is 2.51. The lowest BCUT2D eigenvalue weighted by Gasteiger charge is -2.31. The van der Waals surface area contributed by atoms with Crippen LogP contribution in [0.25, 0.3) is 0 Å². The normalized spacial score (nSPS) is 26.7. The third kappa shape index (κ3) is 2.54. The second-order valence-electron chi connectivity index (χ2n) is 6.25. The Morgan fingerprint density at radius 3 is 2.67 bits per heavy atom. The number of hydrogen-bond acceptors (Lipinski definition) is 4. The predicted octanol–water partition coefficient (Wildman–Crippen LogP) is 1.31. The molecule has 1 unspecified atom stereocenters. The van der Waals surface area contributed by atoms with Crippen molar-refractivity contribution in [2.45, 2.75) is 52.1 Å². The maximum atomic E-state index is 12.8. The molecule has 0 spiro atoms. The summed E-state index contributed by atoms with van der Waals surface area (Å²) in [6.07, 6.45) is 2.31. The average molecular weight is 291 g/mol. The largest absolute Gasteiger partial charge is 0.444 e. The maximum Gasteiger partial charge on any atom is 0.248 e. The van der Waals surface area contributed by atoms with Crippen LogP contribution >= 0.6 is 0 Å². The minimum absolute atomic E-state index is 0.0237. The van der Waals surface area contributed by atoms with E-state index in [1.165, 1.54) is 0 Å². The minimum atomic E-state index is -0.774. The second-order valence-corrected chi connectivity index (χ2v) is 6.25. The SMILES string of the molecule is Cc1nc(CN2CCC(=O)NC(C)(C3CC3)C2=O)oc1C. The van der Waals surface area contributed by atoms with Crippen LogP contribution in [0.4, 0.5) is 0 Å². The van der Waals surface area contributed by atoms with Crippen LogP contribution in [0.5, 0.6) is 0 Å². The van der Waals surface area contributed by atoms with Gasteiger partial charge in [-0.05, 0) is 39.5 Å². The Morgan fingerprint density at radius 2 is 2.10 bits per heavy atom. The molecule has 1 N–H and O–H groups in total. The monoisotopic (exact) mass is 291 g/mol. The number of aryl methyl sites for hydroxylation is 2. The first-order valence-corrected chi connectivity index (χ1v) is 7.43. The van der Waals surface area contributed by atoms with Crippen molar-refractivity contribution in [1.82, 2.24) is 15.2 Å². The molecule has 2 fully saturated rings. The zero-order valence-electron chi connectivity index (χ0n) is 12.7. The van der Waals surface area contributed by atoms with E-state index in [4.69, 9.17) is 4.42 Å². The molecule has 1 aliphatic carbocycles. The molecule has 21 heavy (non-hydrogen) atoms. The van der Waals surface area contributed by atoms with Gasteiger partial charge in [-0.15, -0.1) is 0 Å². The minimum Gasteiger partial charge on any atom is -0.444 e. The molecule has 2 aliphatic rings. The number of carbonyl (C=O) groups is 2. The van der Waals surface area contributed by atoms with Gasteiger partial charge in [0.1, 0.15) is 11.3 Å². The Bertz CT molecular complexity index is 571. The van der Waals surface area contributed by atoms with Crippen LogP contribution in [0.3, 0.4) is 0 Å². The van der Waals surface area contributed by atoms with E-state index in [2.05, 4.69) is 10.3 Å². The van der Waals surface area contributed by atoms with Gasteiger partial charge in [-0.3, -0.25) is 9.59 Å². The zero-order valence-corrected chi connectivity index (χ0v) is 12.7. The van der Waals surface area contributed by atoms with Crippen molar-refractivity contribution >= 4 is 11.8 Å². The van der Waals surface area contributed by atoms with Crippen molar-refractivity contribution in [2.75, 3.05) is 6.54 Å². The standard InChI is InChI=1S/C15H21N3O3/c1-9-10(2)21-13(16-9)8-18-7-6-12(19)17-15(3,14(18)20)11-4-5-11/h11H,4-8H2,1-3H3,(H,17,19). The molecule has 3 rings (SSSR count). The van der Waals surface area contributed by atoms with E-state index in [1.807, 2.05) is 20.8 Å². The van der Waals surface area contributed by atoms with Crippen molar-refractivity contribution in [3.8, 4) is 0 Å². The number of rotatable bonds is 3. The van der Waals surface area contributed by atoms with Gasteiger partial charge in [-0.1, -0.05) is 0 Å². The highest BCUT2D eigenvalue weighted by molar-refractivity contribution is 5.93. The molecule has 0 radical (unpaired) electrons. The van der Waals surface area contributed by atoms with E-state index in [9.17, 15) is 9.59 Å². The Balaban J connectivity index is 1.83. The first-order valence-electron chi connectivity index (χ1n) is 7.43. The van der Waals surface area contributed by atoms with Crippen LogP contribution in [0, 0.1) is 19.8 Å². The summed E-state index contributed by atoms with van der Waals surface area (Å²) >= 11 is 0. The molecule has 6 nitrogen and oxygen atoms in total. The van der Waals surface area contributed by atoms with Crippen molar-refractivity contribution in [1.29, 1.82) is 0 Å². The number of oxazole rings is 1. The molecule has 1 atom stereocenters. The molecule has 1 aliphatic heterocycles. The van der Waals surface area contributed by atoms with E-state index >= 15 is 0 Å². The van der Waals surface area contributed by atoms with Gasteiger partial charge in [-0.2, -0.15) is 0 Å². The number of nitrogens with zero attached hydrogens (tertiary/aromatic N) is 2. The van der Waals surface area contributed by atoms with E-state index in [1.54, 1.807) is 4.90 Å². The number of amides is 2. The van der Waals surface area contributed by atoms with E-state index in [0.29, 0.717) is 25.4 Å². The smallest absolute Gasteiger partial charge is 0.248 e. The molecule has 1 saturated carbocycles. The maximum absolute atomic E-state index is 12.8. The molecule has 0 aromatic carbocycles. The summed E-state index contributed by atoms with van der Waals surface area (Å²) < 4.78 is 5.57. The molecule has 0 bridgehead atoms. The fourth-order valence-electron chi connectivity index (χ4n) is 2.93. The molecule has 2 heterocycles. The Hall–Kier alpha value is -1.85. The fraction of sp³-hybridized carbons (Fsp3) is 0.667. The summed E-state index contributed by atoms with van der Waals surface area (Å²) in [6.45, 7) is 6.31. The Kier molecular flexibility index (Phi) is 3.26. The number of hydrogen-bond donors (Lipinski definition) is 1. The van der Waals surface area contributed by atoms with Crippen molar-refractivity contribution in [3.05, 3.63) is 17.3 Å². The van der Waals surface area contributed by atoms with E-state index in [0.717, 1.165) is 24.3 Å². The van der Waals surface area contributed by atoms with E-state index < -0.39 is 5.54 Å². The first kappa shape index (κ1) is 14.1. The molecule has 1 aromatic rings. The topological polar surface area (TPSA) is 75.4 Å². The van der Waals surface area contributed by atoms with Crippen LogP contribution < -0.4 is 5.32 Å². The highest BCUT2D eigenvalue weighted by atomic mass is 16.4. The Morgan fingerprint density at radius 1 is 1.38 bits per heavy atom. The molecule has 1 saturated heterocycles. The van der Waals surface area contributed by atoms with Crippen LogP contribution in [0.1, 0.15) is 43.5 Å². The van der Waals surface area contributed by atoms with Gasteiger partial charge in [0.15, 0.2) is 0 Å². The highest BCUT2D eigenvalue weighted by Crippen LogP contribution is 2.41. The summed E-state index contributed by atoms with van der Waals surface area (Å²) in [5, 5.41) is 2.92. The van der Waals surface area contributed by atoms with Gasteiger partial charge in [0, 0.05) is 13.0 Å². The van der Waals surface area contributed by atoms with Crippen molar-refractivity contribution < 1.29 is 14.0 Å². The predicted molar refractivity (Wildman–Crippen MR) is 75.3 cm³/mol. The first-order chi connectivity index (χ1) is 9.90. The third-order valence-corrected chi connectivity index (χ3v) is 4.53. The number of nitrogens with one attached hydrogen (secondary N) is 1. The van der Waals surface area contributed by atoms with Gasteiger partial charge < -0.3 is 14.6 Å². The van der Waals surface area contributed by atoms with Crippen LogP contribution in [0.2, 0.25) is 0 Å². The van der Waals surface area contributed by atoms with E-state index in [-0.39, 0.29) is 17.7 Å². The van der Waals surface area contributed by atoms with Crippen LogP contribution in [0.15, 0.2) is 4.42 Å². The zero-order chi connectivity index (χ0) is 15.2. The van der Waals surface area contributed by atoms with Crippen molar-refractivity contribution in [2.24, 2.45) is 5.92 Å². The lowest BCUT2D eigenvalue weighted by Crippen LogP contribution is -2.56. The summed E-state index contributed by atoms with van der Waals surface area (Å²) in [5.41, 5.74) is 0.0657. The molecular weight excluding hydrogens is 270 g/mol. The fourth-order valence-corrected chi connectivity index (χ4v) is 2.93. The molecule has 6 heteroatoms. The van der Waals surface area contributed by atoms with Gasteiger partial charge in [0.05, 0.1) is 12.2 Å². The lowest BCUT2D eigenvalue weighted by atomic mass is 9.94. The molecule has 114 valence electrons. The second kappa shape index (κ2) is 4.86. The summed E-state index contributed by atoms with van der Waals surface area (Å²) in [7, 11) is 0. The van der Waals surface area contributed by atoms with Crippen molar-refractivity contribution in [3.63, 3.8) is 0 Å².